The molecule has 7 nitrogen and oxygen atoms in total. The first-order chi connectivity index (χ1) is 18.3. The highest BCUT2D eigenvalue weighted by molar-refractivity contribution is 7.11. The average molecular weight is 540 g/mol. The van der Waals surface area contributed by atoms with Crippen molar-refractivity contribution in [3.8, 4) is 5.69 Å². The molecule has 6 rings (SSSR count). The Balaban J connectivity index is 1.06. The number of aromatic nitrogens is 3. The molecule has 2 aromatic heterocycles. The summed E-state index contributed by atoms with van der Waals surface area (Å²) in [6.07, 6.45) is 0.660. The van der Waals surface area contributed by atoms with E-state index in [1.54, 1.807) is 35.3 Å². The molecule has 4 aromatic rings. The van der Waals surface area contributed by atoms with E-state index < -0.39 is 11.7 Å². The van der Waals surface area contributed by atoms with Crippen molar-refractivity contribution in [1.29, 1.82) is 0 Å². The van der Waals surface area contributed by atoms with Crippen LogP contribution < -0.4 is 0 Å². The van der Waals surface area contributed by atoms with Crippen LogP contribution in [0.4, 0.5) is 13.2 Å². The van der Waals surface area contributed by atoms with Gasteiger partial charge in [-0.2, -0.15) is 13.2 Å². The number of rotatable bonds is 4. The minimum atomic E-state index is -4.39. The molecule has 38 heavy (non-hydrogen) atoms. The molecule has 0 atom stereocenters. The van der Waals surface area contributed by atoms with Crippen molar-refractivity contribution >= 4 is 34.2 Å². The number of carbonyl (C=O) groups is 2. The second kappa shape index (κ2) is 9.54. The van der Waals surface area contributed by atoms with Gasteiger partial charge in [0.15, 0.2) is 5.01 Å². The van der Waals surface area contributed by atoms with Crippen molar-refractivity contribution in [3.05, 3.63) is 76.5 Å². The van der Waals surface area contributed by atoms with Crippen LogP contribution in [0.15, 0.2) is 60.4 Å². The molecule has 0 spiro atoms. The number of imidazole rings is 1. The van der Waals surface area contributed by atoms with Gasteiger partial charge in [0.05, 0.1) is 16.6 Å². The third kappa shape index (κ3) is 4.55. The molecule has 196 valence electrons. The van der Waals surface area contributed by atoms with Gasteiger partial charge in [0.1, 0.15) is 6.33 Å². The van der Waals surface area contributed by atoms with Gasteiger partial charge in [-0.15, -0.1) is 11.3 Å². The van der Waals surface area contributed by atoms with Crippen LogP contribution in [0.5, 0.6) is 0 Å². The van der Waals surface area contributed by atoms with E-state index in [0.717, 1.165) is 25.0 Å². The second-order valence-electron chi connectivity index (χ2n) is 9.80. The molecular weight excluding hydrogens is 515 g/mol. The standard InChI is InChI=1S/C27H24F3N5O2S/c28-27(29,30)20-2-4-21(5-3-20)35-16-32-22-13-18(1-6-23(22)35)25(36)34-14-19(15-34)17-7-10-33(11-8-17)26(37)24-31-9-12-38-24/h1-6,9,12-13,16-17,19H,7-8,10-11,14-15H2. The number of piperidine rings is 1. The highest BCUT2D eigenvalue weighted by Crippen LogP contribution is 2.34. The Morgan fingerprint density at radius 2 is 1.63 bits per heavy atom. The Bertz CT molecular complexity index is 1470. The monoisotopic (exact) mass is 539 g/mol. The van der Waals surface area contributed by atoms with Crippen molar-refractivity contribution in [2.75, 3.05) is 26.2 Å². The third-order valence-corrected chi connectivity index (χ3v) is 8.33. The average Bonchev–Trinajstić information content (AvgIpc) is 3.57. The number of amides is 2. The Hall–Kier alpha value is -3.73. The summed E-state index contributed by atoms with van der Waals surface area (Å²) in [5, 5.41) is 2.34. The van der Waals surface area contributed by atoms with Crippen molar-refractivity contribution in [3.63, 3.8) is 0 Å². The zero-order chi connectivity index (χ0) is 26.4. The molecule has 11 heteroatoms. The van der Waals surface area contributed by atoms with E-state index >= 15 is 0 Å². The van der Waals surface area contributed by atoms with Gasteiger partial charge in [0.25, 0.3) is 11.8 Å². The SMILES string of the molecule is O=C(c1ccc2c(c1)ncn2-c1ccc(C(F)(F)F)cc1)N1CC(C2CCN(C(=O)c3nccs3)CC2)C1. The van der Waals surface area contributed by atoms with E-state index in [0.29, 0.717) is 65.3 Å². The summed E-state index contributed by atoms with van der Waals surface area (Å²) in [6, 6.07) is 10.1. The number of benzene rings is 2. The number of hydrogen-bond acceptors (Lipinski definition) is 5. The highest BCUT2D eigenvalue weighted by Gasteiger charge is 2.38. The molecule has 2 amide bonds. The van der Waals surface area contributed by atoms with Gasteiger partial charge < -0.3 is 9.80 Å². The maximum absolute atomic E-state index is 13.1. The molecule has 4 heterocycles. The largest absolute Gasteiger partial charge is 0.416 e. The van der Waals surface area contributed by atoms with Crippen LogP contribution in [0.3, 0.4) is 0 Å². The summed E-state index contributed by atoms with van der Waals surface area (Å²) >= 11 is 1.36. The van der Waals surface area contributed by atoms with E-state index in [-0.39, 0.29) is 11.8 Å². The second-order valence-corrected chi connectivity index (χ2v) is 10.7. The van der Waals surface area contributed by atoms with Crippen LogP contribution in [0.1, 0.15) is 38.6 Å². The fraction of sp³-hybridized carbons (Fsp3) is 0.333. The Kier molecular flexibility index (Phi) is 6.17. The fourth-order valence-electron chi connectivity index (χ4n) is 5.36. The molecular formula is C27H24F3N5O2S. The van der Waals surface area contributed by atoms with E-state index in [4.69, 9.17) is 0 Å². The zero-order valence-corrected chi connectivity index (χ0v) is 21.1. The molecule has 2 aliphatic rings. The summed E-state index contributed by atoms with van der Waals surface area (Å²) in [4.78, 5) is 37.8. The van der Waals surface area contributed by atoms with Crippen molar-refractivity contribution in [1.82, 2.24) is 24.3 Å². The molecule has 0 radical (unpaired) electrons. The third-order valence-electron chi connectivity index (χ3n) is 7.57. The summed E-state index contributed by atoms with van der Waals surface area (Å²) < 4.78 is 40.4. The van der Waals surface area contributed by atoms with Crippen LogP contribution in [0.2, 0.25) is 0 Å². The van der Waals surface area contributed by atoms with Crippen LogP contribution in [0.25, 0.3) is 16.7 Å². The number of nitrogens with zero attached hydrogens (tertiary/aromatic N) is 5. The van der Waals surface area contributed by atoms with E-state index in [2.05, 4.69) is 9.97 Å². The summed E-state index contributed by atoms with van der Waals surface area (Å²) in [5.74, 6) is 0.864. The Labute approximate surface area is 220 Å². The first kappa shape index (κ1) is 24.6. The summed E-state index contributed by atoms with van der Waals surface area (Å²) in [6.45, 7) is 2.82. The van der Waals surface area contributed by atoms with Gasteiger partial charge in [-0.3, -0.25) is 14.2 Å². The normalized spacial score (nSPS) is 17.1. The minimum absolute atomic E-state index is 0.0000186. The molecule has 2 aliphatic heterocycles. The molecule has 2 saturated heterocycles. The van der Waals surface area contributed by atoms with Crippen molar-refractivity contribution < 1.29 is 22.8 Å². The number of fused-ring (bicyclic) bond motifs is 1. The van der Waals surface area contributed by atoms with Gasteiger partial charge in [-0.25, -0.2) is 9.97 Å². The number of thiazole rings is 1. The van der Waals surface area contributed by atoms with Gasteiger partial charge in [-0.05, 0) is 67.1 Å². The van der Waals surface area contributed by atoms with E-state index in [1.807, 2.05) is 15.2 Å². The summed E-state index contributed by atoms with van der Waals surface area (Å²) in [5.41, 5.74) is 1.70. The lowest BCUT2D eigenvalue weighted by atomic mass is 9.79. The quantitative estimate of drug-likeness (QED) is 0.361. The lowest BCUT2D eigenvalue weighted by molar-refractivity contribution is -0.137. The molecule has 2 fully saturated rings. The highest BCUT2D eigenvalue weighted by atomic mass is 32.1. The fourth-order valence-corrected chi connectivity index (χ4v) is 5.96. The zero-order valence-electron chi connectivity index (χ0n) is 20.3. The predicted molar refractivity (Wildman–Crippen MR) is 136 cm³/mol. The number of likely N-dealkylation sites (tertiary alicyclic amines) is 2. The first-order valence-corrected chi connectivity index (χ1v) is 13.3. The van der Waals surface area contributed by atoms with Gasteiger partial charge in [0, 0.05) is 49.0 Å². The Morgan fingerprint density at radius 1 is 0.895 bits per heavy atom. The molecule has 0 unspecified atom stereocenters. The van der Waals surface area contributed by atoms with Crippen LogP contribution in [0, 0.1) is 11.8 Å². The Morgan fingerprint density at radius 3 is 2.29 bits per heavy atom. The maximum Gasteiger partial charge on any atom is 0.416 e. The number of alkyl halides is 3. The van der Waals surface area contributed by atoms with E-state index in [1.165, 1.54) is 23.5 Å². The predicted octanol–water partition coefficient (Wildman–Crippen LogP) is 5.13. The topological polar surface area (TPSA) is 71.3 Å². The molecule has 0 saturated carbocycles. The lowest BCUT2D eigenvalue weighted by Crippen LogP contribution is -2.54. The summed E-state index contributed by atoms with van der Waals surface area (Å²) in [7, 11) is 0. The van der Waals surface area contributed by atoms with Crippen LogP contribution in [-0.2, 0) is 6.18 Å². The lowest BCUT2D eigenvalue weighted by Gasteiger charge is -2.46. The first-order valence-electron chi connectivity index (χ1n) is 12.4. The van der Waals surface area contributed by atoms with Gasteiger partial charge in [-0.1, -0.05) is 0 Å². The molecule has 0 bridgehead atoms. The van der Waals surface area contributed by atoms with Gasteiger partial charge in [0.2, 0.25) is 0 Å². The van der Waals surface area contributed by atoms with Crippen LogP contribution >= 0.6 is 11.3 Å². The molecule has 0 N–H and O–H groups in total. The maximum atomic E-state index is 13.1. The smallest absolute Gasteiger partial charge is 0.338 e. The molecule has 2 aromatic carbocycles. The molecule has 0 aliphatic carbocycles. The van der Waals surface area contributed by atoms with Gasteiger partial charge >= 0.3 is 6.18 Å². The number of carbonyl (C=O) groups excluding carboxylic acids is 2. The minimum Gasteiger partial charge on any atom is -0.338 e. The number of halogens is 3. The van der Waals surface area contributed by atoms with Crippen molar-refractivity contribution in [2.45, 2.75) is 19.0 Å². The van der Waals surface area contributed by atoms with E-state index in [9.17, 15) is 22.8 Å². The van der Waals surface area contributed by atoms with Crippen LogP contribution in [-0.4, -0.2) is 62.3 Å². The van der Waals surface area contributed by atoms with Crippen molar-refractivity contribution in [2.24, 2.45) is 11.8 Å². The number of hydrogen-bond donors (Lipinski definition) is 0.